The molecule has 1 N–H and O–H groups in total. The average Bonchev–Trinajstić information content (AvgIpc) is 2.30. The van der Waals surface area contributed by atoms with Gasteiger partial charge in [0.05, 0.1) is 24.0 Å². The minimum Gasteiger partial charge on any atom is -0.463 e. The van der Waals surface area contributed by atoms with Crippen molar-refractivity contribution >= 4 is 11.6 Å². The molecule has 1 aliphatic heterocycles. The first-order valence-corrected chi connectivity index (χ1v) is 5.53. The van der Waals surface area contributed by atoms with Crippen molar-refractivity contribution in [1.82, 2.24) is 15.3 Å². The fourth-order valence-electron chi connectivity index (χ4n) is 1.63. The minimum atomic E-state index is 0.407. The van der Waals surface area contributed by atoms with Crippen molar-refractivity contribution in [3.63, 3.8) is 0 Å². The van der Waals surface area contributed by atoms with Gasteiger partial charge in [0.1, 0.15) is 0 Å². The van der Waals surface area contributed by atoms with Crippen LogP contribution in [0.3, 0.4) is 0 Å². The van der Waals surface area contributed by atoms with Crippen LogP contribution in [0.1, 0.15) is 12.8 Å². The third-order valence-corrected chi connectivity index (χ3v) is 2.64. The highest BCUT2D eigenvalue weighted by atomic mass is 35.5. The first-order chi connectivity index (χ1) is 7.34. The van der Waals surface area contributed by atoms with E-state index in [4.69, 9.17) is 16.3 Å². The highest BCUT2D eigenvalue weighted by Crippen LogP contribution is 2.12. The van der Waals surface area contributed by atoms with Gasteiger partial charge in [0, 0.05) is 12.5 Å². The van der Waals surface area contributed by atoms with E-state index in [0.717, 1.165) is 13.1 Å². The van der Waals surface area contributed by atoms with Gasteiger partial charge in [-0.1, -0.05) is 11.6 Å². The molecule has 0 aromatic carbocycles. The first-order valence-electron chi connectivity index (χ1n) is 5.15. The lowest BCUT2D eigenvalue weighted by Crippen LogP contribution is -2.33. The molecule has 4 nitrogen and oxygen atoms in total. The number of piperidine rings is 1. The summed E-state index contributed by atoms with van der Waals surface area (Å²) in [4.78, 5) is 7.95. The Labute approximate surface area is 94.0 Å². The molecule has 5 heteroatoms. The maximum Gasteiger partial charge on any atom is 0.316 e. The molecule has 0 aliphatic carbocycles. The Bertz CT molecular complexity index is 298. The molecular weight excluding hydrogens is 214 g/mol. The maximum absolute atomic E-state index is 5.67. The summed E-state index contributed by atoms with van der Waals surface area (Å²) >= 11 is 5.67. The van der Waals surface area contributed by atoms with E-state index in [2.05, 4.69) is 15.3 Å². The molecule has 1 aromatic rings. The largest absolute Gasteiger partial charge is 0.463 e. The molecule has 0 spiro atoms. The molecule has 15 heavy (non-hydrogen) atoms. The van der Waals surface area contributed by atoms with Crippen LogP contribution in [0.4, 0.5) is 0 Å². The number of ether oxygens (including phenoxy) is 1. The molecule has 82 valence electrons. The van der Waals surface area contributed by atoms with E-state index in [0.29, 0.717) is 23.6 Å². The summed E-state index contributed by atoms with van der Waals surface area (Å²) in [5, 5.41) is 3.87. The van der Waals surface area contributed by atoms with Crippen LogP contribution in [0.25, 0.3) is 0 Å². The Morgan fingerprint density at radius 2 is 2.27 bits per heavy atom. The lowest BCUT2D eigenvalue weighted by atomic mass is 10.0. The predicted octanol–water partition coefficient (Wildman–Crippen LogP) is 1.51. The quantitative estimate of drug-likeness (QED) is 0.851. The van der Waals surface area contributed by atoms with Crippen LogP contribution in [-0.4, -0.2) is 29.7 Å². The van der Waals surface area contributed by atoms with Crippen LogP contribution >= 0.6 is 11.6 Å². The Morgan fingerprint density at radius 3 is 2.93 bits per heavy atom. The maximum atomic E-state index is 5.67. The molecule has 0 unspecified atom stereocenters. The number of rotatable bonds is 3. The third-order valence-electron chi connectivity index (χ3n) is 2.44. The van der Waals surface area contributed by atoms with Crippen LogP contribution in [0.15, 0.2) is 12.4 Å². The van der Waals surface area contributed by atoms with Crippen LogP contribution in [0, 0.1) is 5.92 Å². The summed E-state index contributed by atoms with van der Waals surface area (Å²) in [6.07, 6.45) is 5.52. The molecule has 0 amide bonds. The second kappa shape index (κ2) is 5.28. The summed E-state index contributed by atoms with van der Waals surface area (Å²) in [5.74, 6) is 0.568. The fourth-order valence-corrected chi connectivity index (χ4v) is 1.73. The zero-order valence-corrected chi connectivity index (χ0v) is 9.20. The van der Waals surface area contributed by atoms with Gasteiger partial charge in [0.2, 0.25) is 0 Å². The lowest BCUT2D eigenvalue weighted by molar-refractivity contribution is 0.205. The Morgan fingerprint density at radius 1 is 1.47 bits per heavy atom. The van der Waals surface area contributed by atoms with Gasteiger partial charge in [-0.15, -0.1) is 0 Å². The minimum absolute atomic E-state index is 0.407. The molecule has 0 radical (unpaired) electrons. The van der Waals surface area contributed by atoms with Crippen molar-refractivity contribution in [2.45, 2.75) is 12.8 Å². The second-order valence-electron chi connectivity index (χ2n) is 3.71. The molecule has 2 rings (SSSR count). The topological polar surface area (TPSA) is 47.0 Å². The number of nitrogens with one attached hydrogen (secondary N) is 1. The number of halogens is 1. The molecule has 1 fully saturated rings. The number of hydrogen-bond donors (Lipinski definition) is 1. The Kier molecular flexibility index (Phi) is 3.75. The monoisotopic (exact) mass is 227 g/mol. The summed E-state index contributed by atoms with van der Waals surface area (Å²) in [5.41, 5.74) is 0. The second-order valence-corrected chi connectivity index (χ2v) is 4.14. The van der Waals surface area contributed by atoms with Gasteiger partial charge in [0.25, 0.3) is 0 Å². The molecular formula is C10H14ClN3O. The van der Waals surface area contributed by atoms with E-state index >= 15 is 0 Å². The van der Waals surface area contributed by atoms with Gasteiger partial charge in [-0.05, 0) is 19.4 Å². The van der Waals surface area contributed by atoms with E-state index < -0.39 is 0 Å². The number of nitrogens with zero attached hydrogens (tertiary/aromatic N) is 2. The van der Waals surface area contributed by atoms with E-state index in [1.807, 2.05) is 0 Å². The molecule has 1 atom stereocenters. The molecule has 2 heterocycles. The Hall–Kier alpha value is -0.870. The summed E-state index contributed by atoms with van der Waals surface area (Å²) in [6.45, 7) is 2.82. The molecule has 0 bridgehead atoms. The van der Waals surface area contributed by atoms with Gasteiger partial charge >= 0.3 is 6.01 Å². The zero-order chi connectivity index (χ0) is 10.5. The van der Waals surface area contributed by atoms with Gasteiger partial charge in [-0.2, -0.15) is 0 Å². The zero-order valence-electron chi connectivity index (χ0n) is 8.45. The molecule has 0 saturated carbocycles. The van der Waals surface area contributed by atoms with Crippen molar-refractivity contribution in [2.75, 3.05) is 19.7 Å². The van der Waals surface area contributed by atoms with Crippen LogP contribution in [0.5, 0.6) is 6.01 Å². The van der Waals surface area contributed by atoms with E-state index in [-0.39, 0.29) is 0 Å². The summed E-state index contributed by atoms with van der Waals surface area (Å²) < 4.78 is 5.48. The van der Waals surface area contributed by atoms with Crippen molar-refractivity contribution in [2.24, 2.45) is 5.92 Å². The first kappa shape index (κ1) is 10.6. The third kappa shape index (κ3) is 3.32. The molecule has 1 aromatic heterocycles. The van der Waals surface area contributed by atoms with Crippen LogP contribution in [-0.2, 0) is 0 Å². The van der Waals surface area contributed by atoms with Crippen molar-refractivity contribution in [3.05, 3.63) is 17.4 Å². The normalized spacial score (nSPS) is 21.3. The van der Waals surface area contributed by atoms with Crippen LogP contribution in [0.2, 0.25) is 5.02 Å². The standard InChI is InChI=1S/C10H14ClN3O/c11-9-5-13-10(14-6-9)15-7-8-2-1-3-12-4-8/h5-6,8,12H,1-4,7H2/t8-/m0/s1. The summed E-state index contributed by atoms with van der Waals surface area (Å²) in [7, 11) is 0. The van der Waals surface area contributed by atoms with E-state index in [1.54, 1.807) is 12.4 Å². The number of aromatic nitrogens is 2. The van der Waals surface area contributed by atoms with Gasteiger partial charge in [-0.3, -0.25) is 0 Å². The van der Waals surface area contributed by atoms with E-state index in [1.165, 1.54) is 12.8 Å². The van der Waals surface area contributed by atoms with Gasteiger partial charge in [-0.25, -0.2) is 9.97 Å². The smallest absolute Gasteiger partial charge is 0.316 e. The van der Waals surface area contributed by atoms with Gasteiger partial charge in [0.15, 0.2) is 0 Å². The van der Waals surface area contributed by atoms with Crippen LogP contribution < -0.4 is 10.1 Å². The number of hydrogen-bond acceptors (Lipinski definition) is 4. The summed E-state index contributed by atoms with van der Waals surface area (Å²) in [6, 6.07) is 0.407. The highest BCUT2D eigenvalue weighted by Gasteiger charge is 2.13. The lowest BCUT2D eigenvalue weighted by Gasteiger charge is -2.22. The highest BCUT2D eigenvalue weighted by molar-refractivity contribution is 6.30. The van der Waals surface area contributed by atoms with Crippen molar-refractivity contribution in [3.8, 4) is 6.01 Å². The average molecular weight is 228 g/mol. The molecule has 1 aliphatic rings. The Balaban J connectivity index is 1.79. The van der Waals surface area contributed by atoms with Crippen molar-refractivity contribution in [1.29, 1.82) is 0 Å². The molecule has 1 saturated heterocycles. The van der Waals surface area contributed by atoms with E-state index in [9.17, 15) is 0 Å². The SMILES string of the molecule is Clc1cnc(OC[C@H]2CCCNC2)nc1. The predicted molar refractivity (Wildman–Crippen MR) is 58.1 cm³/mol. The van der Waals surface area contributed by atoms with Crippen molar-refractivity contribution < 1.29 is 4.74 Å². The van der Waals surface area contributed by atoms with Gasteiger partial charge < -0.3 is 10.1 Å². The fraction of sp³-hybridized carbons (Fsp3) is 0.600.